The monoisotopic (exact) mass is 394 g/mol. The number of nitrogens with zero attached hydrogens (tertiary/aromatic N) is 2. The Hall–Kier alpha value is -2.88. The lowest BCUT2D eigenvalue weighted by molar-refractivity contribution is -0.384. The first-order valence-electron chi connectivity index (χ1n) is 9.00. The molecule has 10 nitrogen and oxygen atoms in total. The number of benzene rings is 1. The van der Waals surface area contributed by atoms with E-state index < -0.39 is 28.8 Å². The van der Waals surface area contributed by atoms with Crippen molar-refractivity contribution < 1.29 is 24.4 Å². The SMILES string of the molecule is CC(C)(C)OC(=O)N1C[C@@H](O)C[C@H]1C(=O)NCCNc1ccc([N+](=O)[O-])cc1. The van der Waals surface area contributed by atoms with Crippen molar-refractivity contribution in [3.8, 4) is 0 Å². The van der Waals surface area contributed by atoms with E-state index in [2.05, 4.69) is 10.6 Å². The van der Waals surface area contributed by atoms with E-state index in [-0.39, 0.29) is 31.1 Å². The number of ether oxygens (including phenoxy) is 1. The summed E-state index contributed by atoms with van der Waals surface area (Å²) in [6, 6.07) is 5.15. The minimum atomic E-state index is -0.788. The van der Waals surface area contributed by atoms with Gasteiger partial charge in [0.1, 0.15) is 11.6 Å². The van der Waals surface area contributed by atoms with Gasteiger partial charge in [0.2, 0.25) is 5.91 Å². The summed E-state index contributed by atoms with van der Waals surface area (Å²) in [5.74, 6) is -0.368. The number of aliphatic hydroxyl groups excluding tert-OH is 1. The molecule has 0 spiro atoms. The molecule has 154 valence electrons. The molecule has 1 heterocycles. The number of β-amino-alcohol motifs (C(OH)–C–C–N with tert-alkyl or cyclic N) is 1. The number of nitrogens with one attached hydrogen (secondary N) is 2. The zero-order valence-electron chi connectivity index (χ0n) is 16.2. The number of anilines is 1. The molecule has 2 amide bonds. The van der Waals surface area contributed by atoms with Crippen molar-refractivity contribution in [2.24, 2.45) is 0 Å². The summed E-state index contributed by atoms with van der Waals surface area (Å²) in [4.78, 5) is 36.1. The Morgan fingerprint density at radius 2 is 1.93 bits per heavy atom. The third-order valence-corrected chi connectivity index (χ3v) is 4.04. The van der Waals surface area contributed by atoms with Gasteiger partial charge in [-0.05, 0) is 32.9 Å². The first-order valence-corrected chi connectivity index (χ1v) is 9.00. The lowest BCUT2D eigenvalue weighted by Gasteiger charge is -2.27. The van der Waals surface area contributed by atoms with Gasteiger partial charge in [-0.1, -0.05) is 0 Å². The zero-order valence-corrected chi connectivity index (χ0v) is 16.2. The first kappa shape index (κ1) is 21.4. The minimum Gasteiger partial charge on any atom is -0.444 e. The summed E-state index contributed by atoms with van der Waals surface area (Å²) in [5.41, 5.74) is -0.00671. The number of nitro groups is 1. The fourth-order valence-electron chi connectivity index (χ4n) is 2.80. The Morgan fingerprint density at radius 1 is 1.29 bits per heavy atom. The van der Waals surface area contributed by atoms with E-state index >= 15 is 0 Å². The van der Waals surface area contributed by atoms with Crippen LogP contribution in [0.5, 0.6) is 0 Å². The Bertz CT molecular complexity index is 716. The van der Waals surface area contributed by atoms with E-state index in [1.165, 1.54) is 17.0 Å². The molecule has 3 N–H and O–H groups in total. The highest BCUT2D eigenvalue weighted by atomic mass is 16.6. The van der Waals surface area contributed by atoms with Crippen LogP contribution >= 0.6 is 0 Å². The second-order valence-electron chi connectivity index (χ2n) is 7.56. The molecule has 10 heteroatoms. The number of likely N-dealkylation sites (tertiary alicyclic amines) is 1. The first-order chi connectivity index (χ1) is 13.1. The Kier molecular flexibility index (Phi) is 6.79. The van der Waals surface area contributed by atoms with Crippen molar-refractivity contribution in [2.75, 3.05) is 25.0 Å². The number of nitro benzene ring substituents is 1. The number of rotatable bonds is 6. The van der Waals surface area contributed by atoms with Gasteiger partial charge in [-0.2, -0.15) is 0 Å². The van der Waals surface area contributed by atoms with E-state index in [0.717, 1.165) is 0 Å². The zero-order chi connectivity index (χ0) is 20.9. The molecule has 1 aliphatic rings. The Balaban J connectivity index is 1.82. The minimum absolute atomic E-state index is 0.000813. The number of non-ortho nitro benzene ring substituents is 1. The van der Waals surface area contributed by atoms with E-state index in [1.54, 1.807) is 32.9 Å². The molecular weight excluding hydrogens is 368 g/mol. The molecule has 0 aliphatic carbocycles. The van der Waals surface area contributed by atoms with Gasteiger partial charge in [-0.25, -0.2) is 4.79 Å². The molecule has 0 radical (unpaired) electrons. The number of hydrogen-bond donors (Lipinski definition) is 3. The van der Waals surface area contributed by atoms with E-state index in [1.807, 2.05) is 0 Å². The van der Waals surface area contributed by atoms with Gasteiger partial charge >= 0.3 is 6.09 Å². The standard InChI is InChI=1S/C18H26N4O6/c1-18(2,3)28-17(25)21-11-14(23)10-15(21)16(24)20-9-8-19-12-4-6-13(7-5-12)22(26)27/h4-7,14-15,19,23H,8-11H2,1-3H3,(H,20,24)/t14-,15-/m0/s1. The maximum absolute atomic E-state index is 12.4. The van der Waals surface area contributed by atoms with Crippen molar-refractivity contribution in [1.29, 1.82) is 0 Å². The molecule has 2 rings (SSSR count). The molecule has 28 heavy (non-hydrogen) atoms. The van der Waals surface area contributed by atoms with Crippen molar-refractivity contribution in [3.63, 3.8) is 0 Å². The van der Waals surface area contributed by atoms with Crippen LogP contribution in [0.1, 0.15) is 27.2 Å². The lowest BCUT2D eigenvalue weighted by atomic mass is 10.2. The molecule has 0 aromatic heterocycles. The molecule has 0 saturated carbocycles. The number of carbonyl (C=O) groups is 2. The lowest BCUT2D eigenvalue weighted by Crippen LogP contribution is -2.48. The molecule has 0 unspecified atom stereocenters. The number of amides is 2. The highest BCUT2D eigenvalue weighted by molar-refractivity contribution is 5.86. The van der Waals surface area contributed by atoms with Crippen LogP contribution in [0.3, 0.4) is 0 Å². The summed E-state index contributed by atoms with van der Waals surface area (Å²) in [5, 5.41) is 26.2. The second kappa shape index (κ2) is 8.87. The van der Waals surface area contributed by atoms with Crippen LogP contribution in [0.15, 0.2) is 24.3 Å². The quantitative estimate of drug-likeness (QED) is 0.378. The van der Waals surface area contributed by atoms with Crippen molar-refractivity contribution in [3.05, 3.63) is 34.4 Å². The molecule has 1 aromatic carbocycles. The van der Waals surface area contributed by atoms with E-state index in [0.29, 0.717) is 12.2 Å². The molecule has 1 aromatic rings. The van der Waals surface area contributed by atoms with Crippen molar-refractivity contribution >= 4 is 23.4 Å². The molecule has 1 aliphatic heterocycles. The van der Waals surface area contributed by atoms with Crippen LogP contribution in [-0.2, 0) is 9.53 Å². The van der Waals surface area contributed by atoms with E-state index in [9.17, 15) is 24.8 Å². The van der Waals surface area contributed by atoms with Gasteiger partial charge in [-0.3, -0.25) is 19.8 Å². The summed E-state index contributed by atoms with van der Waals surface area (Å²) >= 11 is 0. The third kappa shape index (κ3) is 6.08. The van der Waals surface area contributed by atoms with Crippen molar-refractivity contribution in [2.45, 2.75) is 44.9 Å². The summed E-state index contributed by atoms with van der Waals surface area (Å²) < 4.78 is 5.30. The van der Waals surface area contributed by atoms with Gasteiger partial charge in [-0.15, -0.1) is 0 Å². The van der Waals surface area contributed by atoms with Gasteiger partial charge in [0.05, 0.1) is 17.6 Å². The van der Waals surface area contributed by atoms with Crippen LogP contribution in [0.2, 0.25) is 0 Å². The average molecular weight is 394 g/mol. The van der Waals surface area contributed by atoms with Crippen LogP contribution < -0.4 is 10.6 Å². The van der Waals surface area contributed by atoms with Crippen LogP contribution in [0.4, 0.5) is 16.2 Å². The maximum Gasteiger partial charge on any atom is 0.411 e. The average Bonchev–Trinajstić information content (AvgIpc) is 2.99. The molecule has 0 bridgehead atoms. The molecular formula is C18H26N4O6. The normalized spacial score (nSPS) is 19.2. The molecule has 1 fully saturated rings. The third-order valence-electron chi connectivity index (χ3n) is 4.04. The number of aliphatic hydroxyl groups is 1. The van der Waals surface area contributed by atoms with Crippen LogP contribution in [0.25, 0.3) is 0 Å². The predicted octanol–water partition coefficient (Wildman–Crippen LogP) is 1.49. The summed E-state index contributed by atoms with van der Waals surface area (Å²) in [7, 11) is 0. The maximum atomic E-state index is 12.4. The fraction of sp³-hybridized carbons (Fsp3) is 0.556. The Labute approximate surface area is 163 Å². The van der Waals surface area contributed by atoms with Crippen LogP contribution in [-0.4, -0.2) is 64.3 Å². The highest BCUT2D eigenvalue weighted by Crippen LogP contribution is 2.21. The fourth-order valence-corrected chi connectivity index (χ4v) is 2.80. The number of carbonyl (C=O) groups excluding carboxylic acids is 2. The largest absolute Gasteiger partial charge is 0.444 e. The summed E-state index contributed by atoms with van der Waals surface area (Å²) in [6.45, 7) is 5.92. The molecule has 2 atom stereocenters. The predicted molar refractivity (Wildman–Crippen MR) is 102 cm³/mol. The van der Waals surface area contributed by atoms with Crippen molar-refractivity contribution in [1.82, 2.24) is 10.2 Å². The van der Waals surface area contributed by atoms with Gasteiger partial charge in [0.25, 0.3) is 5.69 Å². The summed E-state index contributed by atoms with van der Waals surface area (Å²) in [6.07, 6.45) is -1.25. The topological polar surface area (TPSA) is 134 Å². The van der Waals surface area contributed by atoms with Gasteiger partial charge < -0.3 is 20.5 Å². The smallest absolute Gasteiger partial charge is 0.411 e. The number of hydrogen-bond acceptors (Lipinski definition) is 7. The van der Waals surface area contributed by atoms with Crippen LogP contribution in [0, 0.1) is 10.1 Å². The van der Waals surface area contributed by atoms with Gasteiger partial charge in [0.15, 0.2) is 0 Å². The highest BCUT2D eigenvalue weighted by Gasteiger charge is 2.40. The molecule has 1 saturated heterocycles. The second-order valence-corrected chi connectivity index (χ2v) is 7.56. The van der Waals surface area contributed by atoms with E-state index in [4.69, 9.17) is 4.74 Å². The Morgan fingerprint density at radius 3 is 2.50 bits per heavy atom. The van der Waals surface area contributed by atoms with Gasteiger partial charge in [0, 0.05) is 37.3 Å².